The van der Waals surface area contributed by atoms with E-state index in [1.807, 2.05) is 6.92 Å². The van der Waals surface area contributed by atoms with Crippen molar-refractivity contribution in [3.8, 4) is 0 Å². The Morgan fingerprint density at radius 2 is 2.27 bits per heavy atom. The Morgan fingerprint density at radius 3 is 2.73 bits per heavy atom. The molecule has 2 heteroatoms. The van der Waals surface area contributed by atoms with E-state index < -0.39 is 0 Å². The molecule has 1 N–H and O–H groups in total. The van der Waals surface area contributed by atoms with Gasteiger partial charge in [-0.25, -0.2) is 0 Å². The van der Waals surface area contributed by atoms with E-state index in [1.54, 1.807) is 0 Å². The normalized spacial score (nSPS) is 12.5. The number of aliphatic hydroxyl groups excluding tert-OH is 1. The molecule has 0 aliphatic heterocycles. The summed E-state index contributed by atoms with van der Waals surface area (Å²) in [5, 5.41) is 9.21. The summed E-state index contributed by atoms with van der Waals surface area (Å²) < 4.78 is 0. The molecule has 0 fully saturated rings. The number of allylic oxidation sites excluding steroid dienone is 1. The SMILES string of the molecule is C=CC(=O)CCC(O)CCC. The van der Waals surface area contributed by atoms with E-state index in [4.69, 9.17) is 0 Å². The van der Waals surface area contributed by atoms with Crippen LogP contribution in [0, 0.1) is 0 Å². The molecule has 0 amide bonds. The zero-order chi connectivity index (χ0) is 8.69. The quantitative estimate of drug-likeness (QED) is 0.594. The summed E-state index contributed by atoms with van der Waals surface area (Å²) in [6, 6.07) is 0. The van der Waals surface area contributed by atoms with E-state index in [2.05, 4.69) is 6.58 Å². The first kappa shape index (κ1) is 10.4. The fourth-order valence-electron chi connectivity index (χ4n) is 0.888. The molecule has 2 nitrogen and oxygen atoms in total. The van der Waals surface area contributed by atoms with Gasteiger partial charge in [-0.05, 0) is 18.9 Å². The predicted molar refractivity (Wildman–Crippen MR) is 45.4 cm³/mol. The van der Waals surface area contributed by atoms with Crippen molar-refractivity contribution in [2.24, 2.45) is 0 Å². The van der Waals surface area contributed by atoms with Crippen LogP contribution in [-0.4, -0.2) is 17.0 Å². The van der Waals surface area contributed by atoms with Crippen molar-refractivity contribution in [3.63, 3.8) is 0 Å². The van der Waals surface area contributed by atoms with Gasteiger partial charge < -0.3 is 5.11 Å². The van der Waals surface area contributed by atoms with Crippen molar-refractivity contribution in [2.75, 3.05) is 0 Å². The van der Waals surface area contributed by atoms with Crippen LogP contribution in [0.3, 0.4) is 0 Å². The minimum absolute atomic E-state index is 0.0140. The third-order valence-electron chi connectivity index (χ3n) is 1.57. The third kappa shape index (κ3) is 5.80. The second-order valence-corrected chi connectivity index (χ2v) is 2.65. The van der Waals surface area contributed by atoms with Gasteiger partial charge in [0.1, 0.15) is 0 Å². The van der Waals surface area contributed by atoms with Crippen LogP contribution in [0.15, 0.2) is 12.7 Å². The number of aliphatic hydroxyl groups is 1. The summed E-state index contributed by atoms with van der Waals surface area (Å²) in [7, 11) is 0. The first-order chi connectivity index (χ1) is 5.20. The highest BCUT2D eigenvalue weighted by atomic mass is 16.3. The van der Waals surface area contributed by atoms with Crippen molar-refractivity contribution >= 4 is 5.78 Å². The molecule has 1 atom stereocenters. The maximum Gasteiger partial charge on any atom is 0.155 e. The molecule has 0 rings (SSSR count). The minimum Gasteiger partial charge on any atom is -0.393 e. The third-order valence-corrected chi connectivity index (χ3v) is 1.57. The van der Waals surface area contributed by atoms with Crippen LogP contribution in [-0.2, 0) is 4.79 Å². The summed E-state index contributed by atoms with van der Waals surface area (Å²) in [5.74, 6) is 0.0140. The average molecular weight is 156 g/mol. The maximum atomic E-state index is 10.7. The number of rotatable bonds is 6. The first-order valence-electron chi connectivity index (χ1n) is 4.04. The fourth-order valence-corrected chi connectivity index (χ4v) is 0.888. The molecule has 0 aromatic carbocycles. The number of carbonyl (C=O) groups excluding carboxylic acids is 1. The Kier molecular flexibility index (Phi) is 5.75. The van der Waals surface area contributed by atoms with Crippen molar-refractivity contribution in [3.05, 3.63) is 12.7 Å². The van der Waals surface area contributed by atoms with Crippen molar-refractivity contribution in [1.82, 2.24) is 0 Å². The van der Waals surface area contributed by atoms with E-state index in [0.717, 1.165) is 12.8 Å². The molecular formula is C9H16O2. The average Bonchev–Trinajstić information content (AvgIpc) is 2.01. The summed E-state index contributed by atoms with van der Waals surface area (Å²) >= 11 is 0. The molecule has 11 heavy (non-hydrogen) atoms. The number of carbonyl (C=O) groups is 1. The standard InChI is InChI=1S/C9H16O2/c1-3-5-9(11)7-6-8(10)4-2/h4,9,11H,2-3,5-7H2,1H3. The number of hydrogen-bond donors (Lipinski definition) is 1. The lowest BCUT2D eigenvalue weighted by atomic mass is 10.1. The lowest BCUT2D eigenvalue weighted by Gasteiger charge is -2.06. The van der Waals surface area contributed by atoms with Gasteiger partial charge in [0.05, 0.1) is 6.10 Å². The van der Waals surface area contributed by atoms with Gasteiger partial charge in [0.2, 0.25) is 0 Å². The highest BCUT2D eigenvalue weighted by Gasteiger charge is 2.04. The molecule has 0 aromatic heterocycles. The number of hydrogen-bond acceptors (Lipinski definition) is 2. The molecule has 0 aliphatic carbocycles. The zero-order valence-corrected chi connectivity index (χ0v) is 7.05. The Morgan fingerprint density at radius 1 is 1.64 bits per heavy atom. The lowest BCUT2D eigenvalue weighted by Crippen LogP contribution is -2.07. The molecule has 64 valence electrons. The van der Waals surface area contributed by atoms with Gasteiger partial charge in [-0.15, -0.1) is 0 Å². The second kappa shape index (κ2) is 6.10. The van der Waals surface area contributed by atoms with Crippen LogP contribution in [0.2, 0.25) is 0 Å². The van der Waals surface area contributed by atoms with E-state index in [1.165, 1.54) is 6.08 Å². The van der Waals surface area contributed by atoms with Crippen LogP contribution in [0.25, 0.3) is 0 Å². The van der Waals surface area contributed by atoms with Crippen molar-refractivity contribution in [2.45, 2.75) is 38.7 Å². The second-order valence-electron chi connectivity index (χ2n) is 2.65. The monoisotopic (exact) mass is 156 g/mol. The van der Waals surface area contributed by atoms with Crippen LogP contribution in [0.5, 0.6) is 0 Å². The minimum atomic E-state index is -0.316. The van der Waals surface area contributed by atoms with Crippen LogP contribution >= 0.6 is 0 Å². The molecule has 0 radical (unpaired) electrons. The van der Waals surface area contributed by atoms with Gasteiger partial charge >= 0.3 is 0 Å². The Labute approximate surface area is 67.9 Å². The molecular weight excluding hydrogens is 140 g/mol. The molecule has 0 aliphatic rings. The Bertz CT molecular complexity index is 130. The molecule has 0 saturated carbocycles. The number of ketones is 1. The van der Waals surface area contributed by atoms with E-state index >= 15 is 0 Å². The van der Waals surface area contributed by atoms with E-state index in [0.29, 0.717) is 12.8 Å². The fraction of sp³-hybridized carbons (Fsp3) is 0.667. The highest BCUT2D eigenvalue weighted by Crippen LogP contribution is 2.04. The summed E-state index contributed by atoms with van der Waals surface area (Å²) in [5.41, 5.74) is 0. The predicted octanol–water partition coefficient (Wildman–Crippen LogP) is 1.68. The zero-order valence-electron chi connectivity index (χ0n) is 7.05. The van der Waals surface area contributed by atoms with E-state index in [-0.39, 0.29) is 11.9 Å². The van der Waals surface area contributed by atoms with Gasteiger partial charge in [0, 0.05) is 6.42 Å². The molecule has 0 spiro atoms. The van der Waals surface area contributed by atoms with Gasteiger partial charge in [-0.3, -0.25) is 4.79 Å². The Balaban J connectivity index is 3.37. The van der Waals surface area contributed by atoms with Gasteiger partial charge in [0.15, 0.2) is 5.78 Å². The summed E-state index contributed by atoms with van der Waals surface area (Å²) in [4.78, 5) is 10.7. The van der Waals surface area contributed by atoms with Crippen LogP contribution in [0.1, 0.15) is 32.6 Å². The Hall–Kier alpha value is -0.630. The highest BCUT2D eigenvalue weighted by molar-refractivity contribution is 5.88. The summed E-state index contributed by atoms with van der Waals surface area (Å²) in [6.07, 6.45) is 3.72. The first-order valence-corrected chi connectivity index (χ1v) is 4.04. The molecule has 0 saturated heterocycles. The van der Waals surface area contributed by atoms with E-state index in [9.17, 15) is 9.90 Å². The maximum absolute atomic E-state index is 10.7. The molecule has 0 bridgehead atoms. The van der Waals surface area contributed by atoms with Crippen LogP contribution < -0.4 is 0 Å². The van der Waals surface area contributed by atoms with Gasteiger partial charge in [-0.1, -0.05) is 19.9 Å². The topological polar surface area (TPSA) is 37.3 Å². The van der Waals surface area contributed by atoms with Gasteiger partial charge in [0.25, 0.3) is 0 Å². The molecule has 0 heterocycles. The summed E-state index contributed by atoms with van der Waals surface area (Å²) in [6.45, 7) is 5.37. The lowest BCUT2D eigenvalue weighted by molar-refractivity contribution is -0.115. The van der Waals surface area contributed by atoms with Crippen molar-refractivity contribution in [1.29, 1.82) is 0 Å². The largest absolute Gasteiger partial charge is 0.393 e. The molecule has 0 aromatic rings. The van der Waals surface area contributed by atoms with Crippen LogP contribution in [0.4, 0.5) is 0 Å². The van der Waals surface area contributed by atoms with Crippen molar-refractivity contribution < 1.29 is 9.90 Å². The smallest absolute Gasteiger partial charge is 0.155 e. The molecule has 1 unspecified atom stereocenters. The van der Waals surface area contributed by atoms with Gasteiger partial charge in [-0.2, -0.15) is 0 Å².